The quantitative estimate of drug-likeness (QED) is 0.803. The highest BCUT2D eigenvalue weighted by atomic mass is 16.4. The molecule has 25 heavy (non-hydrogen) atoms. The van der Waals surface area contributed by atoms with Crippen molar-refractivity contribution in [2.24, 2.45) is 5.92 Å². The lowest BCUT2D eigenvalue weighted by atomic mass is 9.95. The molecule has 132 valence electrons. The van der Waals surface area contributed by atoms with E-state index in [0.717, 1.165) is 16.7 Å². The van der Waals surface area contributed by atoms with Crippen molar-refractivity contribution in [3.05, 3.63) is 71.3 Å². The fourth-order valence-corrected chi connectivity index (χ4v) is 2.71. The number of benzene rings is 2. The molecule has 0 saturated carbocycles. The third-order valence-corrected chi connectivity index (χ3v) is 4.50. The van der Waals surface area contributed by atoms with E-state index in [9.17, 15) is 9.59 Å². The molecular formula is C21H25NO3. The number of carbonyl (C=O) groups is 2. The summed E-state index contributed by atoms with van der Waals surface area (Å²) >= 11 is 0. The van der Waals surface area contributed by atoms with Crippen LogP contribution in [0.3, 0.4) is 0 Å². The number of carboxylic acid groups (broad SMARTS) is 1. The van der Waals surface area contributed by atoms with Crippen LogP contribution in [0.5, 0.6) is 0 Å². The van der Waals surface area contributed by atoms with Gasteiger partial charge in [-0.3, -0.25) is 9.59 Å². The summed E-state index contributed by atoms with van der Waals surface area (Å²) in [5.74, 6) is -1.51. The van der Waals surface area contributed by atoms with Crippen LogP contribution in [0.4, 0.5) is 0 Å². The molecule has 2 N–H and O–H groups in total. The maximum Gasteiger partial charge on any atom is 0.310 e. The number of hydrogen-bond acceptors (Lipinski definition) is 2. The highest BCUT2D eigenvalue weighted by Crippen LogP contribution is 2.18. The van der Waals surface area contributed by atoms with Crippen molar-refractivity contribution in [2.75, 3.05) is 0 Å². The molecule has 0 unspecified atom stereocenters. The van der Waals surface area contributed by atoms with Crippen LogP contribution in [0, 0.1) is 5.92 Å². The first-order valence-electron chi connectivity index (χ1n) is 8.55. The first kappa shape index (κ1) is 18.7. The van der Waals surface area contributed by atoms with Gasteiger partial charge in [0, 0.05) is 5.92 Å². The van der Waals surface area contributed by atoms with Gasteiger partial charge >= 0.3 is 5.97 Å². The molecule has 2 aromatic carbocycles. The summed E-state index contributed by atoms with van der Waals surface area (Å²) in [6.45, 7) is 5.54. The van der Waals surface area contributed by atoms with Crippen molar-refractivity contribution in [3.63, 3.8) is 0 Å². The third kappa shape index (κ3) is 5.18. The van der Waals surface area contributed by atoms with Crippen LogP contribution < -0.4 is 5.32 Å². The Kier molecular flexibility index (Phi) is 6.34. The van der Waals surface area contributed by atoms with Gasteiger partial charge in [0.15, 0.2) is 0 Å². The van der Waals surface area contributed by atoms with Crippen molar-refractivity contribution < 1.29 is 14.7 Å². The maximum absolute atomic E-state index is 12.4. The molecule has 0 aliphatic rings. The van der Waals surface area contributed by atoms with Gasteiger partial charge in [-0.15, -0.1) is 0 Å². The molecule has 0 saturated heterocycles. The number of amides is 1. The Hall–Kier alpha value is -2.62. The lowest BCUT2D eigenvalue weighted by Crippen LogP contribution is -2.32. The van der Waals surface area contributed by atoms with Crippen LogP contribution in [0.25, 0.3) is 0 Å². The molecule has 0 aliphatic heterocycles. The first-order valence-corrected chi connectivity index (χ1v) is 8.55. The molecule has 1 amide bonds. The summed E-state index contributed by atoms with van der Waals surface area (Å²) in [5, 5.41) is 12.1. The van der Waals surface area contributed by atoms with Crippen molar-refractivity contribution in [2.45, 2.75) is 39.2 Å². The minimum atomic E-state index is -0.838. The average molecular weight is 339 g/mol. The lowest BCUT2D eigenvalue weighted by Gasteiger charge is -2.18. The molecule has 4 heteroatoms. The van der Waals surface area contributed by atoms with Crippen LogP contribution >= 0.6 is 0 Å². The Balaban J connectivity index is 1.93. The Morgan fingerprint density at radius 1 is 0.920 bits per heavy atom. The van der Waals surface area contributed by atoms with Crippen LogP contribution in [-0.2, 0) is 16.0 Å². The van der Waals surface area contributed by atoms with E-state index in [-0.39, 0.29) is 17.9 Å². The van der Waals surface area contributed by atoms with Crippen LogP contribution in [-0.4, -0.2) is 17.0 Å². The molecule has 2 rings (SSSR count). The van der Waals surface area contributed by atoms with Gasteiger partial charge in [-0.05, 0) is 37.0 Å². The molecule has 3 atom stereocenters. The average Bonchev–Trinajstić information content (AvgIpc) is 2.62. The van der Waals surface area contributed by atoms with Crippen LogP contribution in [0.1, 0.15) is 49.4 Å². The molecule has 0 radical (unpaired) electrons. The van der Waals surface area contributed by atoms with E-state index in [1.165, 1.54) is 0 Å². The first-order chi connectivity index (χ1) is 11.9. The highest BCUT2D eigenvalue weighted by molar-refractivity contribution is 5.79. The summed E-state index contributed by atoms with van der Waals surface area (Å²) in [6, 6.07) is 17.3. The SMILES string of the molecule is C[C@H](Cc1ccc([C@H](C)C(=O)O)cc1)C(=O)N[C@@H](C)c1ccccc1. The van der Waals surface area contributed by atoms with Gasteiger partial charge in [-0.1, -0.05) is 61.5 Å². The minimum Gasteiger partial charge on any atom is -0.481 e. The van der Waals surface area contributed by atoms with Gasteiger partial charge < -0.3 is 10.4 Å². The van der Waals surface area contributed by atoms with Gasteiger partial charge in [0.2, 0.25) is 5.91 Å². The minimum absolute atomic E-state index is 0.0133. The van der Waals surface area contributed by atoms with E-state index >= 15 is 0 Å². The molecule has 0 bridgehead atoms. The second-order valence-corrected chi connectivity index (χ2v) is 6.55. The summed E-state index contributed by atoms with van der Waals surface area (Å²) < 4.78 is 0. The molecule has 0 fully saturated rings. The Labute approximate surface area is 148 Å². The highest BCUT2D eigenvalue weighted by Gasteiger charge is 2.17. The molecule has 4 nitrogen and oxygen atoms in total. The summed E-state index contributed by atoms with van der Waals surface area (Å²) in [7, 11) is 0. The molecule has 0 aromatic heterocycles. The van der Waals surface area contributed by atoms with Gasteiger partial charge in [0.25, 0.3) is 0 Å². The fraction of sp³-hybridized carbons (Fsp3) is 0.333. The van der Waals surface area contributed by atoms with Gasteiger partial charge in [0.1, 0.15) is 0 Å². The summed E-state index contributed by atoms with van der Waals surface area (Å²) in [6.07, 6.45) is 0.620. The van der Waals surface area contributed by atoms with Crippen molar-refractivity contribution in [3.8, 4) is 0 Å². The van der Waals surface area contributed by atoms with E-state index in [2.05, 4.69) is 5.32 Å². The number of nitrogens with one attached hydrogen (secondary N) is 1. The Morgan fingerprint density at radius 2 is 1.52 bits per heavy atom. The predicted octanol–water partition coefficient (Wildman–Crippen LogP) is 3.93. The normalized spacial score (nSPS) is 14.4. The van der Waals surface area contributed by atoms with E-state index in [1.807, 2.05) is 68.4 Å². The molecule has 0 spiro atoms. The monoisotopic (exact) mass is 339 g/mol. The third-order valence-electron chi connectivity index (χ3n) is 4.50. The van der Waals surface area contributed by atoms with E-state index in [4.69, 9.17) is 5.11 Å². The fourth-order valence-electron chi connectivity index (χ4n) is 2.71. The zero-order valence-electron chi connectivity index (χ0n) is 14.9. The van der Waals surface area contributed by atoms with Crippen LogP contribution in [0.15, 0.2) is 54.6 Å². The Bertz CT molecular complexity index is 710. The summed E-state index contributed by atoms with van der Waals surface area (Å²) in [4.78, 5) is 23.4. The van der Waals surface area contributed by atoms with Gasteiger partial charge in [0.05, 0.1) is 12.0 Å². The maximum atomic E-state index is 12.4. The number of carbonyl (C=O) groups excluding carboxylic acids is 1. The van der Waals surface area contributed by atoms with Crippen molar-refractivity contribution >= 4 is 11.9 Å². The second kappa shape index (κ2) is 8.47. The van der Waals surface area contributed by atoms with Crippen molar-refractivity contribution in [1.82, 2.24) is 5.32 Å². The van der Waals surface area contributed by atoms with E-state index in [0.29, 0.717) is 6.42 Å². The van der Waals surface area contributed by atoms with Gasteiger partial charge in [-0.25, -0.2) is 0 Å². The molecule has 0 aliphatic carbocycles. The summed E-state index contributed by atoms with van der Waals surface area (Å²) in [5.41, 5.74) is 2.87. The standard InChI is InChI=1S/C21H25NO3/c1-14(20(23)22-16(3)19-7-5-4-6-8-19)13-17-9-11-18(12-10-17)15(2)21(24)25/h4-12,14-16H,13H2,1-3H3,(H,22,23)(H,24,25)/t14-,15+,16+/m1/s1. The zero-order valence-corrected chi connectivity index (χ0v) is 14.9. The number of rotatable bonds is 7. The van der Waals surface area contributed by atoms with Crippen LogP contribution in [0.2, 0.25) is 0 Å². The number of hydrogen-bond donors (Lipinski definition) is 2. The van der Waals surface area contributed by atoms with E-state index in [1.54, 1.807) is 6.92 Å². The van der Waals surface area contributed by atoms with Crippen molar-refractivity contribution in [1.29, 1.82) is 0 Å². The van der Waals surface area contributed by atoms with E-state index < -0.39 is 11.9 Å². The zero-order chi connectivity index (χ0) is 18.4. The molecule has 0 heterocycles. The largest absolute Gasteiger partial charge is 0.481 e. The predicted molar refractivity (Wildman–Crippen MR) is 98.4 cm³/mol. The second-order valence-electron chi connectivity index (χ2n) is 6.55. The molecule has 2 aromatic rings. The topological polar surface area (TPSA) is 66.4 Å². The Morgan fingerprint density at radius 3 is 2.08 bits per heavy atom. The molecular weight excluding hydrogens is 314 g/mol. The lowest BCUT2D eigenvalue weighted by molar-refractivity contribution is -0.138. The number of carboxylic acids is 1. The van der Waals surface area contributed by atoms with Gasteiger partial charge in [-0.2, -0.15) is 0 Å². The smallest absolute Gasteiger partial charge is 0.310 e. The number of aliphatic carboxylic acids is 1.